The molecule has 0 radical (unpaired) electrons. The Kier molecular flexibility index (Phi) is 7.88. The maximum absolute atomic E-state index is 12.4. The number of ether oxygens (including phenoxy) is 1. The van der Waals surface area contributed by atoms with E-state index in [0.717, 1.165) is 0 Å². The Morgan fingerprint density at radius 1 is 1.10 bits per heavy atom. The van der Waals surface area contributed by atoms with E-state index >= 15 is 0 Å². The summed E-state index contributed by atoms with van der Waals surface area (Å²) in [6, 6.07) is 10.6. The van der Waals surface area contributed by atoms with E-state index in [-0.39, 0.29) is 22.2 Å². The van der Waals surface area contributed by atoms with Gasteiger partial charge in [0, 0.05) is 17.8 Å². The lowest BCUT2D eigenvalue weighted by molar-refractivity contribution is -0.384. The number of anilines is 1. The predicted octanol–water partition coefficient (Wildman–Crippen LogP) is 3.18. The van der Waals surface area contributed by atoms with E-state index < -0.39 is 35.4 Å². The Balaban J connectivity index is 1.93. The third kappa shape index (κ3) is 6.28. The maximum Gasteiger partial charge on any atom is 0.329 e. The number of hydrogen-bond acceptors (Lipinski definition) is 6. The number of hydrogen-bond donors (Lipinski definition) is 2. The van der Waals surface area contributed by atoms with E-state index in [0.29, 0.717) is 5.69 Å². The second kappa shape index (κ2) is 10.4. The highest BCUT2D eigenvalue weighted by Gasteiger charge is 2.27. The molecule has 2 aromatic carbocycles. The number of nitro benzene ring substituents is 1. The highest BCUT2D eigenvalue weighted by molar-refractivity contribution is 6.33. The fourth-order valence-corrected chi connectivity index (χ4v) is 2.67. The Hall–Kier alpha value is -3.46. The summed E-state index contributed by atoms with van der Waals surface area (Å²) in [4.78, 5) is 46.9. The van der Waals surface area contributed by atoms with Gasteiger partial charge in [0.05, 0.1) is 15.5 Å². The second-order valence-corrected chi connectivity index (χ2v) is 7.04. The van der Waals surface area contributed by atoms with Gasteiger partial charge in [-0.15, -0.1) is 0 Å². The largest absolute Gasteiger partial charge is 0.454 e. The van der Waals surface area contributed by atoms with Crippen molar-refractivity contribution in [2.24, 2.45) is 5.92 Å². The van der Waals surface area contributed by atoms with Gasteiger partial charge in [0.2, 0.25) is 0 Å². The van der Waals surface area contributed by atoms with Gasteiger partial charge in [0.1, 0.15) is 6.04 Å². The molecule has 2 amide bonds. The van der Waals surface area contributed by atoms with Crippen LogP contribution in [0.25, 0.3) is 0 Å². The van der Waals surface area contributed by atoms with Crippen molar-refractivity contribution in [3.8, 4) is 0 Å². The molecule has 0 aliphatic carbocycles. The van der Waals surface area contributed by atoms with Crippen molar-refractivity contribution in [3.63, 3.8) is 0 Å². The number of halogens is 1. The first-order chi connectivity index (χ1) is 14.2. The van der Waals surface area contributed by atoms with Gasteiger partial charge >= 0.3 is 5.97 Å². The van der Waals surface area contributed by atoms with E-state index in [9.17, 15) is 24.5 Å². The average molecular weight is 434 g/mol. The van der Waals surface area contributed by atoms with Crippen molar-refractivity contribution in [2.75, 3.05) is 11.9 Å². The van der Waals surface area contributed by atoms with E-state index in [1.165, 1.54) is 30.3 Å². The van der Waals surface area contributed by atoms with Crippen molar-refractivity contribution in [1.29, 1.82) is 0 Å². The molecule has 2 aromatic rings. The molecule has 158 valence electrons. The number of carbonyl (C=O) groups is 3. The fraction of sp³-hybridized carbons (Fsp3) is 0.250. The molecule has 0 bridgehead atoms. The molecule has 2 rings (SSSR count). The van der Waals surface area contributed by atoms with E-state index in [1.54, 1.807) is 32.0 Å². The summed E-state index contributed by atoms with van der Waals surface area (Å²) in [5.41, 5.74) is 0.413. The molecular weight excluding hydrogens is 414 g/mol. The lowest BCUT2D eigenvalue weighted by Gasteiger charge is -2.21. The van der Waals surface area contributed by atoms with E-state index in [2.05, 4.69) is 10.6 Å². The molecule has 0 aromatic heterocycles. The van der Waals surface area contributed by atoms with E-state index in [1.807, 2.05) is 0 Å². The van der Waals surface area contributed by atoms with Crippen LogP contribution in [0.5, 0.6) is 0 Å². The summed E-state index contributed by atoms with van der Waals surface area (Å²) >= 11 is 6.00. The number of nitro groups is 1. The highest BCUT2D eigenvalue weighted by atomic mass is 35.5. The third-order valence-corrected chi connectivity index (χ3v) is 4.36. The number of nitrogens with zero attached hydrogens (tertiary/aromatic N) is 1. The van der Waals surface area contributed by atoms with Crippen molar-refractivity contribution in [1.82, 2.24) is 5.32 Å². The topological polar surface area (TPSA) is 128 Å². The molecule has 10 heteroatoms. The first kappa shape index (κ1) is 22.8. The normalized spacial score (nSPS) is 11.5. The Morgan fingerprint density at radius 2 is 1.73 bits per heavy atom. The standard InChI is InChI=1S/C20H20ClN3O6/c1-12(2)18(23-19(26)15-5-3-4-6-16(15)21)20(27)30-11-17(25)22-13-7-9-14(10-8-13)24(28)29/h3-10,12,18H,11H2,1-2H3,(H,22,25)(H,23,26)/t18-/m0/s1. The summed E-state index contributed by atoms with van der Waals surface area (Å²) in [5.74, 6) is -2.24. The molecule has 0 aliphatic rings. The number of nitrogens with one attached hydrogen (secondary N) is 2. The van der Waals surface area contributed by atoms with Crippen LogP contribution in [0.4, 0.5) is 11.4 Å². The lowest BCUT2D eigenvalue weighted by atomic mass is 10.0. The van der Waals surface area contributed by atoms with Crippen LogP contribution in [-0.2, 0) is 14.3 Å². The van der Waals surface area contributed by atoms with Crippen LogP contribution < -0.4 is 10.6 Å². The number of non-ortho nitro benzene ring substituents is 1. The summed E-state index contributed by atoms with van der Waals surface area (Å²) in [6.45, 7) is 2.85. The monoisotopic (exact) mass is 433 g/mol. The quantitative estimate of drug-likeness (QED) is 0.374. The minimum absolute atomic E-state index is 0.117. The highest BCUT2D eigenvalue weighted by Crippen LogP contribution is 2.17. The van der Waals surface area contributed by atoms with Gasteiger partial charge in [-0.25, -0.2) is 4.79 Å². The van der Waals surface area contributed by atoms with Crippen molar-refractivity contribution in [3.05, 3.63) is 69.2 Å². The number of amides is 2. The Morgan fingerprint density at radius 3 is 2.30 bits per heavy atom. The van der Waals surface area contributed by atoms with Gasteiger partial charge in [-0.05, 0) is 30.2 Å². The van der Waals surface area contributed by atoms with Crippen molar-refractivity contribution < 1.29 is 24.0 Å². The molecule has 2 N–H and O–H groups in total. The molecule has 9 nitrogen and oxygen atoms in total. The molecule has 0 saturated heterocycles. The van der Waals surface area contributed by atoms with Crippen molar-refractivity contribution in [2.45, 2.75) is 19.9 Å². The first-order valence-electron chi connectivity index (χ1n) is 8.95. The van der Waals surface area contributed by atoms with E-state index in [4.69, 9.17) is 16.3 Å². The Labute approximate surface area is 177 Å². The van der Waals surface area contributed by atoms with Crippen LogP contribution in [0.2, 0.25) is 5.02 Å². The average Bonchev–Trinajstić information content (AvgIpc) is 2.70. The molecule has 1 atom stereocenters. The lowest BCUT2D eigenvalue weighted by Crippen LogP contribution is -2.46. The summed E-state index contributed by atoms with van der Waals surface area (Å²) in [6.07, 6.45) is 0. The third-order valence-electron chi connectivity index (χ3n) is 4.03. The van der Waals surface area contributed by atoms with Crippen LogP contribution in [0, 0.1) is 16.0 Å². The molecule has 0 fully saturated rings. The molecule has 0 heterocycles. The zero-order valence-corrected chi connectivity index (χ0v) is 17.0. The Bertz CT molecular complexity index is 946. The van der Waals surface area contributed by atoms with Crippen LogP contribution in [-0.4, -0.2) is 35.4 Å². The number of esters is 1. The van der Waals surface area contributed by atoms with Gasteiger partial charge in [0.15, 0.2) is 6.61 Å². The minimum Gasteiger partial charge on any atom is -0.454 e. The summed E-state index contributed by atoms with van der Waals surface area (Å²) in [5, 5.41) is 15.9. The molecule has 30 heavy (non-hydrogen) atoms. The fourth-order valence-electron chi connectivity index (χ4n) is 2.45. The SMILES string of the molecule is CC(C)[C@H](NC(=O)c1ccccc1Cl)C(=O)OCC(=O)Nc1ccc([N+](=O)[O-])cc1. The molecule has 0 aliphatic heterocycles. The van der Waals surface area contributed by atoms with Crippen LogP contribution >= 0.6 is 11.6 Å². The molecule has 0 spiro atoms. The van der Waals surface area contributed by atoms with Crippen molar-refractivity contribution >= 4 is 40.8 Å². The zero-order valence-electron chi connectivity index (χ0n) is 16.3. The van der Waals surface area contributed by atoms with Gasteiger partial charge in [-0.1, -0.05) is 37.6 Å². The molecule has 0 saturated carbocycles. The maximum atomic E-state index is 12.4. The molecule has 0 unspecified atom stereocenters. The van der Waals surface area contributed by atoms with Crippen LogP contribution in [0.15, 0.2) is 48.5 Å². The van der Waals surface area contributed by atoms with Gasteiger partial charge in [-0.3, -0.25) is 19.7 Å². The molecular formula is C20H20ClN3O6. The van der Waals surface area contributed by atoms with Crippen LogP contribution in [0.1, 0.15) is 24.2 Å². The second-order valence-electron chi connectivity index (χ2n) is 6.63. The van der Waals surface area contributed by atoms with Crippen LogP contribution in [0.3, 0.4) is 0 Å². The summed E-state index contributed by atoms with van der Waals surface area (Å²) < 4.78 is 5.02. The van der Waals surface area contributed by atoms with Gasteiger partial charge in [-0.2, -0.15) is 0 Å². The smallest absolute Gasteiger partial charge is 0.329 e. The minimum atomic E-state index is -0.985. The number of benzene rings is 2. The summed E-state index contributed by atoms with van der Waals surface area (Å²) in [7, 11) is 0. The number of carbonyl (C=O) groups excluding carboxylic acids is 3. The van der Waals surface area contributed by atoms with Gasteiger partial charge < -0.3 is 15.4 Å². The first-order valence-corrected chi connectivity index (χ1v) is 9.33. The zero-order chi connectivity index (χ0) is 22.3. The number of rotatable bonds is 8. The van der Waals surface area contributed by atoms with Gasteiger partial charge in [0.25, 0.3) is 17.5 Å². The predicted molar refractivity (Wildman–Crippen MR) is 110 cm³/mol.